The highest BCUT2D eigenvalue weighted by molar-refractivity contribution is 6.35. The zero-order chi connectivity index (χ0) is 12.7. The van der Waals surface area contributed by atoms with Crippen LogP contribution in [0.5, 0.6) is 0 Å². The van der Waals surface area contributed by atoms with Crippen LogP contribution in [-0.4, -0.2) is 30.9 Å². The van der Waals surface area contributed by atoms with Gasteiger partial charge in [-0.25, -0.2) is 0 Å². The van der Waals surface area contributed by atoms with Crippen molar-refractivity contribution in [2.24, 2.45) is 5.73 Å². The Hall–Kier alpha value is -1.82. The Morgan fingerprint density at radius 2 is 2.24 bits per heavy atom. The van der Waals surface area contributed by atoms with Crippen LogP contribution in [-0.2, 0) is 16.0 Å². The fourth-order valence-electron chi connectivity index (χ4n) is 1.34. The maximum absolute atomic E-state index is 11.4. The Labute approximate surface area is 99.5 Å². The largest absolute Gasteiger partial charge is 0.469 e. The van der Waals surface area contributed by atoms with Crippen LogP contribution >= 0.6 is 0 Å². The molecular weight excluding hydrogens is 222 g/mol. The molecule has 0 aliphatic heterocycles. The van der Waals surface area contributed by atoms with Crippen molar-refractivity contribution in [2.45, 2.75) is 19.4 Å². The number of carbonyl (C=O) groups excluding carboxylic acids is 2. The summed E-state index contributed by atoms with van der Waals surface area (Å²) in [7, 11) is 0. The molecule has 94 valence electrons. The van der Waals surface area contributed by atoms with Crippen molar-refractivity contribution in [3.63, 3.8) is 0 Å². The van der Waals surface area contributed by atoms with Gasteiger partial charge in [-0.3, -0.25) is 9.59 Å². The number of amides is 2. The van der Waals surface area contributed by atoms with Gasteiger partial charge in [0.1, 0.15) is 5.76 Å². The maximum atomic E-state index is 11.4. The number of rotatable bonds is 5. The van der Waals surface area contributed by atoms with E-state index in [1.54, 1.807) is 19.3 Å². The molecule has 0 bridgehead atoms. The number of hydrogen-bond donors (Lipinski definition) is 3. The smallest absolute Gasteiger partial charge is 0.309 e. The van der Waals surface area contributed by atoms with E-state index < -0.39 is 11.8 Å². The van der Waals surface area contributed by atoms with Crippen LogP contribution in [0.1, 0.15) is 12.7 Å². The zero-order valence-corrected chi connectivity index (χ0v) is 9.73. The second kappa shape index (κ2) is 6.70. The van der Waals surface area contributed by atoms with Gasteiger partial charge in [-0.05, 0) is 19.1 Å². The summed E-state index contributed by atoms with van der Waals surface area (Å²) in [6.07, 6.45) is 2.11. The molecule has 0 spiro atoms. The number of nitrogens with one attached hydrogen (secondary N) is 2. The summed E-state index contributed by atoms with van der Waals surface area (Å²) in [6.45, 7) is 2.40. The van der Waals surface area contributed by atoms with Crippen molar-refractivity contribution in [3.05, 3.63) is 24.2 Å². The highest BCUT2D eigenvalue weighted by Gasteiger charge is 2.15. The van der Waals surface area contributed by atoms with Crippen LogP contribution in [0.4, 0.5) is 0 Å². The van der Waals surface area contributed by atoms with Crippen LogP contribution in [0, 0.1) is 0 Å². The van der Waals surface area contributed by atoms with Crippen LogP contribution in [0.25, 0.3) is 0 Å². The van der Waals surface area contributed by atoms with Crippen LogP contribution in [0.15, 0.2) is 22.8 Å². The SMILES string of the molecule is CC(Cc1ccco1)NC(=O)C(=O)NCCN. The van der Waals surface area contributed by atoms with E-state index in [1.807, 2.05) is 6.07 Å². The molecule has 17 heavy (non-hydrogen) atoms. The van der Waals surface area contributed by atoms with Gasteiger partial charge in [-0.2, -0.15) is 0 Å². The van der Waals surface area contributed by atoms with Gasteiger partial charge in [-0.15, -0.1) is 0 Å². The van der Waals surface area contributed by atoms with Crippen LogP contribution in [0.3, 0.4) is 0 Å². The van der Waals surface area contributed by atoms with Gasteiger partial charge in [-0.1, -0.05) is 0 Å². The van der Waals surface area contributed by atoms with Crippen molar-refractivity contribution >= 4 is 11.8 Å². The first-order valence-corrected chi connectivity index (χ1v) is 5.44. The van der Waals surface area contributed by atoms with Gasteiger partial charge < -0.3 is 20.8 Å². The molecule has 1 rings (SSSR count). The summed E-state index contributed by atoms with van der Waals surface area (Å²) in [6, 6.07) is 3.42. The van der Waals surface area contributed by atoms with Gasteiger partial charge in [0.05, 0.1) is 6.26 Å². The van der Waals surface area contributed by atoms with Crippen molar-refractivity contribution in [1.82, 2.24) is 10.6 Å². The average Bonchev–Trinajstić information content (AvgIpc) is 2.78. The standard InChI is InChI=1S/C11H17N3O3/c1-8(7-9-3-2-6-17-9)14-11(16)10(15)13-5-4-12/h2-3,6,8H,4-5,7,12H2,1H3,(H,13,15)(H,14,16). The van der Waals surface area contributed by atoms with E-state index in [2.05, 4.69) is 10.6 Å². The molecule has 4 N–H and O–H groups in total. The molecule has 1 unspecified atom stereocenters. The summed E-state index contributed by atoms with van der Waals surface area (Å²) in [4.78, 5) is 22.6. The van der Waals surface area contributed by atoms with E-state index in [4.69, 9.17) is 10.2 Å². The third-order valence-electron chi connectivity index (χ3n) is 2.10. The number of nitrogens with two attached hydrogens (primary N) is 1. The Balaban J connectivity index is 2.32. The molecule has 0 radical (unpaired) electrons. The molecule has 1 heterocycles. The maximum Gasteiger partial charge on any atom is 0.309 e. The Morgan fingerprint density at radius 1 is 1.47 bits per heavy atom. The average molecular weight is 239 g/mol. The van der Waals surface area contributed by atoms with Crippen molar-refractivity contribution < 1.29 is 14.0 Å². The predicted molar refractivity (Wildman–Crippen MR) is 62.1 cm³/mol. The first-order valence-electron chi connectivity index (χ1n) is 5.44. The molecule has 0 saturated heterocycles. The van der Waals surface area contributed by atoms with Crippen LogP contribution < -0.4 is 16.4 Å². The third kappa shape index (κ3) is 4.69. The molecular formula is C11H17N3O3. The molecule has 0 aromatic carbocycles. The first-order chi connectivity index (χ1) is 8.13. The van der Waals surface area contributed by atoms with Gasteiger partial charge in [0.15, 0.2) is 0 Å². The van der Waals surface area contributed by atoms with E-state index in [0.29, 0.717) is 19.5 Å². The van der Waals surface area contributed by atoms with Gasteiger partial charge >= 0.3 is 11.8 Å². The molecule has 0 saturated carbocycles. The monoisotopic (exact) mass is 239 g/mol. The lowest BCUT2D eigenvalue weighted by atomic mass is 10.2. The molecule has 2 amide bonds. The Kier molecular flexibility index (Phi) is 5.22. The van der Waals surface area contributed by atoms with E-state index in [-0.39, 0.29) is 6.04 Å². The Morgan fingerprint density at radius 3 is 2.82 bits per heavy atom. The normalized spacial score (nSPS) is 11.9. The van der Waals surface area contributed by atoms with Crippen LogP contribution in [0.2, 0.25) is 0 Å². The molecule has 1 aromatic heterocycles. The molecule has 0 fully saturated rings. The second-order valence-corrected chi connectivity index (χ2v) is 3.70. The van der Waals surface area contributed by atoms with E-state index in [1.165, 1.54) is 0 Å². The first kappa shape index (κ1) is 13.2. The fourth-order valence-corrected chi connectivity index (χ4v) is 1.34. The Bertz CT molecular complexity index is 362. The topological polar surface area (TPSA) is 97.4 Å². The van der Waals surface area contributed by atoms with E-state index in [9.17, 15) is 9.59 Å². The minimum absolute atomic E-state index is 0.169. The van der Waals surface area contributed by atoms with Gasteiger partial charge in [0, 0.05) is 25.6 Å². The molecule has 0 aliphatic carbocycles. The van der Waals surface area contributed by atoms with Crippen molar-refractivity contribution in [3.8, 4) is 0 Å². The fraction of sp³-hybridized carbons (Fsp3) is 0.455. The second-order valence-electron chi connectivity index (χ2n) is 3.70. The minimum atomic E-state index is -0.665. The summed E-state index contributed by atoms with van der Waals surface area (Å²) < 4.78 is 5.14. The molecule has 6 nitrogen and oxygen atoms in total. The number of carbonyl (C=O) groups is 2. The highest BCUT2D eigenvalue weighted by atomic mass is 16.3. The summed E-state index contributed by atoms with van der Waals surface area (Å²) >= 11 is 0. The summed E-state index contributed by atoms with van der Waals surface area (Å²) in [5.74, 6) is -0.556. The number of furan rings is 1. The molecule has 6 heteroatoms. The van der Waals surface area contributed by atoms with E-state index in [0.717, 1.165) is 5.76 Å². The van der Waals surface area contributed by atoms with Crippen molar-refractivity contribution in [2.75, 3.05) is 13.1 Å². The summed E-state index contributed by atoms with van der Waals surface area (Å²) in [5.41, 5.74) is 5.21. The quantitative estimate of drug-likeness (QED) is 0.598. The van der Waals surface area contributed by atoms with Gasteiger partial charge in [0.2, 0.25) is 0 Å². The lowest BCUT2D eigenvalue weighted by molar-refractivity contribution is -0.139. The highest BCUT2D eigenvalue weighted by Crippen LogP contribution is 2.03. The lowest BCUT2D eigenvalue weighted by Gasteiger charge is -2.12. The third-order valence-corrected chi connectivity index (χ3v) is 2.10. The number of hydrogen-bond acceptors (Lipinski definition) is 4. The predicted octanol–water partition coefficient (Wildman–Crippen LogP) is -0.598. The van der Waals surface area contributed by atoms with Crippen molar-refractivity contribution in [1.29, 1.82) is 0 Å². The minimum Gasteiger partial charge on any atom is -0.469 e. The van der Waals surface area contributed by atoms with E-state index >= 15 is 0 Å². The molecule has 1 aromatic rings. The lowest BCUT2D eigenvalue weighted by Crippen LogP contribution is -2.45. The molecule has 0 aliphatic rings. The summed E-state index contributed by atoms with van der Waals surface area (Å²) in [5, 5.41) is 4.97. The molecule has 1 atom stereocenters. The van der Waals surface area contributed by atoms with Gasteiger partial charge in [0.25, 0.3) is 0 Å². The zero-order valence-electron chi connectivity index (χ0n) is 9.73.